The van der Waals surface area contributed by atoms with Crippen LogP contribution in [0.5, 0.6) is 0 Å². The Bertz CT molecular complexity index is 992. The summed E-state index contributed by atoms with van der Waals surface area (Å²) in [7, 11) is 0. The molecule has 4 fully saturated rings. The van der Waals surface area contributed by atoms with Crippen molar-refractivity contribution in [3.8, 4) is 11.3 Å². The number of likely N-dealkylation sites (tertiary alicyclic amines) is 1. The molecule has 2 saturated carbocycles. The Morgan fingerprint density at radius 3 is 2.39 bits per heavy atom. The van der Waals surface area contributed by atoms with Crippen LogP contribution in [0.15, 0.2) is 24.5 Å². The topological polar surface area (TPSA) is 34.0 Å². The number of nitrogens with zero attached hydrogens (tertiary/aromatic N) is 4. The normalized spacial score (nSPS) is 31.5. The first-order chi connectivity index (χ1) is 14.7. The van der Waals surface area contributed by atoms with Crippen LogP contribution >= 0.6 is 11.8 Å². The SMILES string of the molecule is CC(C)n1nc(-c2cncc(C(F)(F)F)c2)cc1C1C2CC(N3CC4(CSC4)C3)CC21. The fourth-order valence-corrected chi connectivity index (χ4v) is 7.29. The summed E-state index contributed by atoms with van der Waals surface area (Å²) in [4.78, 5) is 6.52. The molecule has 8 heteroatoms. The second-order valence-electron chi connectivity index (χ2n) is 10.3. The largest absolute Gasteiger partial charge is 0.417 e. The first kappa shape index (κ1) is 20.1. The minimum Gasteiger partial charge on any atom is -0.299 e. The minimum absolute atomic E-state index is 0.172. The second-order valence-corrected chi connectivity index (χ2v) is 11.3. The smallest absolute Gasteiger partial charge is 0.299 e. The molecule has 0 N–H and O–H groups in total. The molecule has 0 aromatic carbocycles. The van der Waals surface area contributed by atoms with E-state index in [0.29, 0.717) is 34.4 Å². The Kier molecular flexibility index (Phi) is 4.36. The van der Waals surface area contributed by atoms with Gasteiger partial charge in [-0.3, -0.25) is 14.6 Å². The van der Waals surface area contributed by atoms with Crippen LogP contribution in [0.25, 0.3) is 11.3 Å². The zero-order valence-electron chi connectivity index (χ0n) is 17.8. The zero-order chi connectivity index (χ0) is 21.5. The molecule has 0 bridgehead atoms. The van der Waals surface area contributed by atoms with Crippen molar-refractivity contribution in [1.82, 2.24) is 19.7 Å². The van der Waals surface area contributed by atoms with E-state index in [1.54, 1.807) is 0 Å². The maximum Gasteiger partial charge on any atom is 0.417 e. The molecule has 2 unspecified atom stereocenters. The van der Waals surface area contributed by atoms with Gasteiger partial charge in [-0.05, 0) is 50.7 Å². The third-order valence-electron chi connectivity index (χ3n) is 7.79. The van der Waals surface area contributed by atoms with Crippen LogP contribution in [-0.4, -0.2) is 50.3 Å². The van der Waals surface area contributed by atoms with E-state index >= 15 is 0 Å². The Labute approximate surface area is 184 Å². The van der Waals surface area contributed by atoms with E-state index in [2.05, 4.69) is 35.5 Å². The van der Waals surface area contributed by atoms with Crippen molar-refractivity contribution < 1.29 is 13.2 Å². The molecule has 4 nitrogen and oxygen atoms in total. The van der Waals surface area contributed by atoms with E-state index in [9.17, 15) is 13.2 Å². The van der Waals surface area contributed by atoms with Gasteiger partial charge >= 0.3 is 6.18 Å². The number of rotatable bonds is 4. The van der Waals surface area contributed by atoms with Crippen molar-refractivity contribution in [2.75, 3.05) is 24.6 Å². The quantitative estimate of drug-likeness (QED) is 0.653. The molecule has 2 atom stereocenters. The first-order valence-corrected chi connectivity index (χ1v) is 12.3. The highest BCUT2D eigenvalue weighted by molar-refractivity contribution is 8.00. The highest BCUT2D eigenvalue weighted by Crippen LogP contribution is 2.65. The van der Waals surface area contributed by atoms with Crippen molar-refractivity contribution in [3.63, 3.8) is 0 Å². The average Bonchev–Trinajstić information content (AvgIpc) is 3.02. The molecule has 0 radical (unpaired) electrons. The van der Waals surface area contributed by atoms with Gasteiger partial charge in [0.1, 0.15) is 0 Å². The summed E-state index contributed by atoms with van der Waals surface area (Å²) in [5.74, 6) is 4.56. The van der Waals surface area contributed by atoms with Gasteiger partial charge in [-0.15, -0.1) is 0 Å². The molecule has 2 aliphatic carbocycles. The highest BCUT2D eigenvalue weighted by atomic mass is 32.2. The predicted molar refractivity (Wildman–Crippen MR) is 115 cm³/mol. The van der Waals surface area contributed by atoms with Crippen LogP contribution in [0.1, 0.15) is 49.9 Å². The van der Waals surface area contributed by atoms with Crippen LogP contribution in [0.3, 0.4) is 0 Å². The lowest BCUT2D eigenvalue weighted by molar-refractivity contribution is -0.137. The lowest BCUT2D eigenvalue weighted by Gasteiger charge is -2.57. The molecule has 4 aliphatic rings. The van der Waals surface area contributed by atoms with E-state index in [1.165, 1.54) is 49.3 Å². The Morgan fingerprint density at radius 2 is 1.81 bits per heavy atom. The number of aromatic nitrogens is 3. The molecule has 166 valence electrons. The lowest BCUT2D eigenvalue weighted by Crippen LogP contribution is -2.65. The second kappa shape index (κ2) is 6.73. The van der Waals surface area contributed by atoms with E-state index in [-0.39, 0.29) is 6.04 Å². The van der Waals surface area contributed by atoms with Gasteiger partial charge in [0.25, 0.3) is 0 Å². The maximum atomic E-state index is 13.1. The van der Waals surface area contributed by atoms with Crippen LogP contribution < -0.4 is 0 Å². The summed E-state index contributed by atoms with van der Waals surface area (Å²) in [6, 6.07) is 4.07. The molecular formula is C23H27F3N4S. The molecule has 2 aromatic rings. The van der Waals surface area contributed by atoms with Crippen LogP contribution in [-0.2, 0) is 6.18 Å². The molecular weight excluding hydrogens is 421 g/mol. The molecule has 0 amide bonds. The third-order valence-corrected chi connectivity index (χ3v) is 9.42. The molecule has 6 rings (SSSR count). The lowest BCUT2D eigenvalue weighted by atomic mass is 9.81. The van der Waals surface area contributed by atoms with E-state index in [0.717, 1.165) is 18.3 Å². The van der Waals surface area contributed by atoms with Crippen LogP contribution in [0.2, 0.25) is 0 Å². The van der Waals surface area contributed by atoms with Gasteiger partial charge in [-0.1, -0.05) is 0 Å². The molecule has 4 heterocycles. The van der Waals surface area contributed by atoms with E-state index < -0.39 is 11.7 Å². The molecule has 2 aliphatic heterocycles. The van der Waals surface area contributed by atoms with Gasteiger partial charge in [-0.2, -0.15) is 30.0 Å². The van der Waals surface area contributed by atoms with Gasteiger partial charge in [0, 0.05) is 71.7 Å². The van der Waals surface area contributed by atoms with Gasteiger partial charge < -0.3 is 0 Å². The molecule has 1 spiro atoms. The number of fused-ring (bicyclic) bond motifs is 1. The third kappa shape index (κ3) is 3.24. The molecule has 2 saturated heterocycles. The fourth-order valence-electron chi connectivity index (χ4n) is 6.14. The Balaban J connectivity index is 1.20. The summed E-state index contributed by atoms with van der Waals surface area (Å²) < 4.78 is 41.4. The number of halogens is 3. The summed E-state index contributed by atoms with van der Waals surface area (Å²) in [6.45, 7) is 6.74. The summed E-state index contributed by atoms with van der Waals surface area (Å²) >= 11 is 2.08. The van der Waals surface area contributed by atoms with Crippen molar-refractivity contribution in [1.29, 1.82) is 0 Å². The number of hydrogen-bond acceptors (Lipinski definition) is 4. The van der Waals surface area contributed by atoms with Crippen molar-refractivity contribution in [2.24, 2.45) is 17.3 Å². The van der Waals surface area contributed by atoms with Gasteiger partial charge in [-0.25, -0.2) is 0 Å². The molecule has 2 aromatic heterocycles. The summed E-state index contributed by atoms with van der Waals surface area (Å²) in [6.07, 6.45) is 0.457. The van der Waals surface area contributed by atoms with Crippen LogP contribution in [0, 0.1) is 17.3 Å². The number of thioether (sulfide) groups is 1. The Hall–Kier alpha value is -1.54. The minimum atomic E-state index is -4.40. The first-order valence-electron chi connectivity index (χ1n) is 11.2. The summed E-state index contributed by atoms with van der Waals surface area (Å²) in [5, 5.41) is 4.71. The standard InChI is InChI=1S/C23H27F3N4S/c1-13(2)30-20(6-19(28-30)14-3-15(8-27-7-14)23(24,25)26)21-17-4-16(5-18(17)21)29-9-22(10-29)11-31-12-22/h3,6-8,13,16-18,21H,4-5,9-12H2,1-2H3. The van der Waals surface area contributed by atoms with Gasteiger partial charge in [0.2, 0.25) is 0 Å². The number of hydrogen-bond donors (Lipinski definition) is 0. The average molecular weight is 449 g/mol. The maximum absolute atomic E-state index is 13.1. The predicted octanol–water partition coefficient (Wildman–Crippen LogP) is 5.09. The van der Waals surface area contributed by atoms with Gasteiger partial charge in [0.15, 0.2) is 0 Å². The van der Waals surface area contributed by atoms with Gasteiger partial charge in [0.05, 0.1) is 11.3 Å². The monoisotopic (exact) mass is 448 g/mol. The van der Waals surface area contributed by atoms with E-state index in [4.69, 9.17) is 5.10 Å². The zero-order valence-corrected chi connectivity index (χ0v) is 18.6. The van der Waals surface area contributed by atoms with Crippen molar-refractivity contribution in [2.45, 2.75) is 50.9 Å². The van der Waals surface area contributed by atoms with E-state index in [1.807, 2.05) is 10.7 Å². The number of pyridine rings is 1. The number of alkyl halides is 3. The fraction of sp³-hybridized carbons (Fsp3) is 0.652. The highest BCUT2D eigenvalue weighted by Gasteiger charge is 2.61. The van der Waals surface area contributed by atoms with Crippen molar-refractivity contribution >= 4 is 11.8 Å². The van der Waals surface area contributed by atoms with Crippen LogP contribution in [0.4, 0.5) is 13.2 Å². The molecule has 31 heavy (non-hydrogen) atoms. The summed E-state index contributed by atoms with van der Waals surface area (Å²) in [5.41, 5.74) is 2.13. The Morgan fingerprint density at radius 1 is 1.10 bits per heavy atom. The van der Waals surface area contributed by atoms with Crippen molar-refractivity contribution in [3.05, 3.63) is 35.8 Å².